The minimum absolute atomic E-state index is 0.136. The quantitative estimate of drug-likeness (QED) is 0.572. The number of halogens is 2. The molecule has 0 fully saturated rings. The van der Waals surface area contributed by atoms with Crippen molar-refractivity contribution in [1.82, 2.24) is 4.90 Å². The highest BCUT2D eigenvalue weighted by atomic mass is 35.5. The van der Waals surface area contributed by atoms with E-state index in [1.165, 1.54) is 12.1 Å². The molecule has 0 aliphatic rings. The molecule has 0 unspecified atom stereocenters. The van der Waals surface area contributed by atoms with Gasteiger partial charge in [-0.2, -0.15) is 0 Å². The molecule has 0 bridgehead atoms. The first kappa shape index (κ1) is 15.0. The second-order valence-electron chi connectivity index (χ2n) is 4.49. The van der Waals surface area contributed by atoms with Gasteiger partial charge >= 0.3 is 0 Å². The standard InChI is InChI=1S/C14H19ClFNO/c1-11-8-12(10-13(16)9-11)14(18)17(2)7-5-3-4-6-15/h8-10H,3-7H2,1-2H3. The van der Waals surface area contributed by atoms with Gasteiger partial charge in [0.2, 0.25) is 0 Å². The Morgan fingerprint density at radius 3 is 2.61 bits per heavy atom. The number of hydrogen-bond acceptors (Lipinski definition) is 1. The monoisotopic (exact) mass is 271 g/mol. The van der Waals surface area contributed by atoms with Gasteiger partial charge in [-0.1, -0.05) is 6.42 Å². The van der Waals surface area contributed by atoms with Gasteiger partial charge in [-0.15, -0.1) is 11.6 Å². The Kier molecular flexibility index (Phi) is 6.13. The molecule has 0 saturated heterocycles. The van der Waals surface area contributed by atoms with Crippen molar-refractivity contribution in [2.75, 3.05) is 19.5 Å². The Bertz CT molecular complexity index is 389. The van der Waals surface area contributed by atoms with E-state index in [9.17, 15) is 9.18 Å². The molecule has 0 radical (unpaired) electrons. The third-order valence-corrected chi connectivity index (χ3v) is 3.03. The zero-order valence-electron chi connectivity index (χ0n) is 10.9. The van der Waals surface area contributed by atoms with Crippen LogP contribution in [0.3, 0.4) is 0 Å². The molecule has 18 heavy (non-hydrogen) atoms. The number of nitrogens with zero attached hydrogens (tertiary/aromatic N) is 1. The number of benzene rings is 1. The van der Waals surface area contributed by atoms with E-state index in [4.69, 9.17) is 11.6 Å². The van der Waals surface area contributed by atoms with Crippen LogP contribution < -0.4 is 0 Å². The summed E-state index contributed by atoms with van der Waals surface area (Å²) in [7, 11) is 1.74. The maximum absolute atomic E-state index is 13.2. The first-order chi connectivity index (χ1) is 8.54. The molecule has 0 spiro atoms. The Balaban J connectivity index is 2.57. The number of hydrogen-bond donors (Lipinski definition) is 0. The zero-order chi connectivity index (χ0) is 13.5. The normalized spacial score (nSPS) is 10.4. The van der Waals surface area contributed by atoms with Crippen molar-refractivity contribution < 1.29 is 9.18 Å². The Labute approximate surface area is 113 Å². The third-order valence-electron chi connectivity index (χ3n) is 2.76. The number of carbonyl (C=O) groups excluding carboxylic acids is 1. The lowest BCUT2D eigenvalue weighted by Crippen LogP contribution is -2.27. The van der Waals surface area contributed by atoms with Gasteiger partial charge in [0.1, 0.15) is 5.82 Å². The minimum atomic E-state index is -0.367. The maximum atomic E-state index is 13.2. The van der Waals surface area contributed by atoms with E-state index in [2.05, 4.69) is 0 Å². The lowest BCUT2D eigenvalue weighted by atomic mass is 10.1. The highest BCUT2D eigenvalue weighted by Gasteiger charge is 2.12. The van der Waals surface area contributed by atoms with Crippen molar-refractivity contribution in [3.8, 4) is 0 Å². The van der Waals surface area contributed by atoms with Gasteiger partial charge in [-0.05, 0) is 43.5 Å². The molecule has 0 N–H and O–H groups in total. The number of rotatable bonds is 6. The van der Waals surface area contributed by atoms with Crippen LogP contribution in [0.25, 0.3) is 0 Å². The fraction of sp³-hybridized carbons (Fsp3) is 0.500. The molecule has 0 heterocycles. The van der Waals surface area contributed by atoms with Crippen LogP contribution in [0, 0.1) is 12.7 Å². The second-order valence-corrected chi connectivity index (χ2v) is 4.87. The van der Waals surface area contributed by atoms with Crippen LogP contribution in [-0.2, 0) is 0 Å². The van der Waals surface area contributed by atoms with Gasteiger partial charge in [0.15, 0.2) is 0 Å². The molecule has 4 heteroatoms. The van der Waals surface area contributed by atoms with Crippen molar-refractivity contribution in [2.45, 2.75) is 26.2 Å². The second kappa shape index (κ2) is 7.37. The van der Waals surface area contributed by atoms with Crippen molar-refractivity contribution >= 4 is 17.5 Å². The SMILES string of the molecule is Cc1cc(F)cc(C(=O)N(C)CCCCCCl)c1. The summed E-state index contributed by atoms with van der Waals surface area (Å²) in [6.07, 6.45) is 2.88. The summed E-state index contributed by atoms with van der Waals surface area (Å²) in [4.78, 5) is 13.7. The summed E-state index contributed by atoms with van der Waals surface area (Å²) < 4.78 is 13.2. The van der Waals surface area contributed by atoms with Crippen LogP contribution in [0.1, 0.15) is 35.2 Å². The maximum Gasteiger partial charge on any atom is 0.253 e. The molecular formula is C14H19ClFNO. The number of alkyl halides is 1. The van der Waals surface area contributed by atoms with Crippen LogP contribution in [-0.4, -0.2) is 30.3 Å². The molecule has 100 valence electrons. The van der Waals surface area contributed by atoms with Crippen LogP contribution in [0.15, 0.2) is 18.2 Å². The average Bonchev–Trinajstić information content (AvgIpc) is 2.32. The van der Waals surface area contributed by atoms with Crippen LogP contribution >= 0.6 is 11.6 Å². The summed E-state index contributed by atoms with van der Waals surface area (Å²) in [5.41, 5.74) is 1.17. The van der Waals surface area contributed by atoms with Crippen LogP contribution in [0.5, 0.6) is 0 Å². The van der Waals surface area contributed by atoms with Crippen LogP contribution in [0.2, 0.25) is 0 Å². The van der Waals surface area contributed by atoms with Gasteiger partial charge in [-0.3, -0.25) is 4.79 Å². The highest BCUT2D eigenvalue weighted by Crippen LogP contribution is 2.11. The molecule has 0 saturated carbocycles. The fourth-order valence-electron chi connectivity index (χ4n) is 1.80. The molecule has 1 rings (SSSR count). The van der Waals surface area contributed by atoms with E-state index in [1.807, 2.05) is 0 Å². The molecule has 0 aliphatic heterocycles. The zero-order valence-corrected chi connectivity index (χ0v) is 11.6. The summed E-state index contributed by atoms with van der Waals surface area (Å²) in [5, 5.41) is 0. The van der Waals surface area contributed by atoms with E-state index >= 15 is 0 Å². The van der Waals surface area contributed by atoms with E-state index in [1.54, 1.807) is 24.9 Å². The summed E-state index contributed by atoms with van der Waals surface area (Å²) >= 11 is 5.59. The average molecular weight is 272 g/mol. The summed E-state index contributed by atoms with van der Waals surface area (Å²) in [6.45, 7) is 2.45. The summed E-state index contributed by atoms with van der Waals surface area (Å²) in [5.74, 6) is 0.151. The molecule has 2 nitrogen and oxygen atoms in total. The van der Waals surface area contributed by atoms with Crippen molar-refractivity contribution in [1.29, 1.82) is 0 Å². The van der Waals surface area contributed by atoms with E-state index in [0.717, 1.165) is 24.8 Å². The number of carbonyl (C=O) groups is 1. The largest absolute Gasteiger partial charge is 0.342 e. The molecule has 0 atom stereocenters. The lowest BCUT2D eigenvalue weighted by Gasteiger charge is -2.17. The smallest absolute Gasteiger partial charge is 0.253 e. The van der Waals surface area contributed by atoms with Gasteiger partial charge in [-0.25, -0.2) is 4.39 Å². The van der Waals surface area contributed by atoms with E-state index in [-0.39, 0.29) is 11.7 Å². The topological polar surface area (TPSA) is 20.3 Å². The third kappa shape index (κ3) is 4.65. The molecule has 1 aromatic rings. The van der Waals surface area contributed by atoms with Gasteiger partial charge in [0.05, 0.1) is 0 Å². The number of aryl methyl sites for hydroxylation is 1. The Hall–Kier alpha value is -1.09. The minimum Gasteiger partial charge on any atom is -0.342 e. The summed E-state index contributed by atoms with van der Waals surface area (Å²) in [6, 6.07) is 4.41. The van der Waals surface area contributed by atoms with Crippen molar-refractivity contribution in [3.05, 3.63) is 35.1 Å². The molecule has 1 amide bonds. The number of unbranched alkanes of at least 4 members (excludes halogenated alkanes) is 2. The van der Waals surface area contributed by atoms with Crippen LogP contribution in [0.4, 0.5) is 4.39 Å². The predicted molar refractivity (Wildman–Crippen MR) is 72.7 cm³/mol. The van der Waals surface area contributed by atoms with Crippen molar-refractivity contribution in [2.24, 2.45) is 0 Å². The van der Waals surface area contributed by atoms with Crippen molar-refractivity contribution in [3.63, 3.8) is 0 Å². The van der Waals surface area contributed by atoms with Gasteiger partial charge in [0.25, 0.3) is 5.91 Å². The van der Waals surface area contributed by atoms with Gasteiger partial charge < -0.3 is 4.90 Å². The molecular weight excluding hydrogens is 253 g/mol. The highest BCUT2D eigenvalue weighted by molar-refractivity contribution is 6.17. The van der Waals surface area contributed by atoms with E-state index < -0.39 is 0 Å². The predicted octanol–water partition coefficient (Wildman–Crippen LogP) is 3.62. The molecule has 0 aromatic heterocycles. The van der Waals surface area contributed by atoms with Gasteiger partial charge in [0, 0.05) is 25.0 Å². The lowest BCUT2D eigenvalue weighted by molar-refractivity contribution is 0.0792. The Morgan fingerprint density at radius 1 is 1.28 bits per heavy atom. The first-order valence-electron chi connectivity index (χ1n) is 6.13. The van der Waals surface area contributed by atoms with E-state index in [0.29, 0.717) is 18.0 Å². The Morgan fingerprint density at radius 2 is 2.00 bits per heavy atom. The first-order valence-corrected chi connectivity index (χ1v) is 6.66. The molecule has 0 aliphatic carbocycles. The number of amides is 1. The fourth-order valence-corrected chi connectivity index (χ4v) is 1.99. The molecule has 1 aromatic carbocycles.